The zero-order valence-corrected chi connectivity index (χ0v) is 11.9. The van der Waals surface area contributed by atoms with Crippen LogP contribution in [0.15, 0.2) is 52.8 Å². The van der Waals surface area contributed by atoms with E-state index in [0.717, 1.165) is 16.4 Å². The van der Waals surface area contributed by atoms with E-state index in [1.165, 1.54) is 11.3 Å². The molecule has 0 saturated carbocycles. The zero-order valence-electron chi connectivity index (χ0n) is 10.4. The highest BCUT2D eigenvalue weighted by Gasteiger charge is 2.05. The van der Waals surface area contributed by atoms with E-state index in [9.17, 15) is 0 Å². The van der Waals surface area contributed by atoms with Gasteiger partial charge in [-0.25, -0.2) is 4.98 Å². The second-order valence-electron chi connectivity index (χ2n) is 4.03. The molecule has 2 heterocycles. The van der Waals surface area contributed by atoms with Gasteiger partial charge in [-0.1, -0.05) is 11.6 Å². The van der Waals surface area contributed by atoms with Crippen LogP contribution >= 0.6 is 22.9 Å². The van der Waals surface area contributed by atoms with Crippen LogP contribution in [0.2, 0.25) is 5.02 Å². The van der Waals surface area contributed by atoms with Gasteiger partial charge in [0.05, 0.1) is 17.5 Å². The van der Waals surface area contributed by atoms with Crippen LogP contribution < -0.4 is 10.1 Å². The molecule has 2 aromatic heterocycles. The molecule has 0 bridgehead atoms. The van der Waals surface area contributed by atoms with Crippen LogP contribution in [-0.4, -0.2) is 4.98 Å². The fourth-order valence-electron chi connectivity index (χ4n) is 1.64. The van der Waals surface area contributed by atoms with Crippen molar-refractivity contribution in [3.63, 3.8) is 0 Å². The minimum atomic E-state index is 0.414. The Kier molecular flexibility index (Phi) is 3.90. The Bertz CT molecular complexity index is 669. The predicted octanol–water partition coefficient (Wildman–Crippen LogP) is 4.71. The number of ether oxygens (including phenoxy) is 1. The van der Waals surface area contributed by atoms with Gasteiger partial charge in [0.15, 0.2) is 5.13 Å². The standard InChI is InChI=1S/C14H11ClN2O2S/c15-12-2-1-11(17-14-16-4-6-20-14)7-13(12)19-9-10-3-5-18-8-10/h1-8H,9H2,(H,16,17). The lowest BCUT2D eigenvalue weighted by Gasteiger charge is -2.09. The Morgan fingerprint density at radius 2 is 2.30 bits per heavy atom. The van der Waals surface area contributed by atoms with Crippen LogP contribution in [0.25, 0.3) is 0 Å². The van der Waals surface area contributed by atoms with Crippen molar-refractivity contribution in [3.05, 3.63) is 59.0 Å². The SMILES string of the molecule is Clc1ccc(Nc2nccs2)cc1OCc1ccoc1. The molecule has 0 atom stereocenters. The van der Waals surface area contributed by atoms with E-state index in [4.69, 9.17) is 20.8 Å². The van der Waals surface area contributed by atoms with Gasteiger partial charge in [0.2, 0.25) is 0 Å². The van der Waals surface area contributed by atoms with E-state index < -0.39 is 0 Å². The molecular formula is C14H11ClN2O2S. The highest BCUT2D eigenvalue weighted by molar-refractivity contribution is 7.13. The Balaban J connectivity index is 1.72. The molecule has 0 aliphatic rings. The summed E-state index contributed by atoms with van der Waals surface area (Å²) in [7, 11) is 0. The Morgan fingerprint density at radius 3 is 3.05 bits per heavy atom. The molecule has 0 aliphatic heterocycles. The maximum Gasteiger partial charge on any atom is 0.187 e. The third-order valence-corrected chi connectivity index (χ3v) is 3.59. The molecule has 0 amide bonds. The van der Waals surface area contributed by atoms with Crippen molar-refractivity contribution in [3.8, 4) is 5.75 Å². The number of nitrogens with one attached hydrogen (secondary N) is 1. The number of hydrogen-bond acceptors (Lipinski definition) is 5. The van der Waals surface area contributed by atoms with Crippen molar-refractivity contribution < 1.29 is 9.15 Å². The van der Waals surface area contributed by atoms with Gasteiger partial charge in [-0.05, 0) is 18.2 Å². The first-order chi connectivity index (χ1) is 9.81. The summed E-state index contributed by atoms with van der Waals surface area (Å²) < 4.78 is 10.7. The van der Waals surface area contributed by atoms with Gasteiger partial charge in [-0.3, -0.25) is 0 Å². The second-order valence-corrected chi connectivity index (χ2v) is 5.33. The molecule has 4 nitrogen and oxygen atoms in total. The number of nitrogens with zero attached hydrogens (tertiary/aromatic N) is 1. The average Bonchev–Trinajstić information content (AvgIpc) is 3.12. The molecule has 6 heteroatoms. The summed E-state index contributed by atoms with van der Waals surface area (Å²) in [5, 5.41) is 6.50. The molecule has 20 heavy (non-hydrogen) atoms. The maximum absolute atomic E-state index is 6.13. The van der Waals surface area contributed by atoms with E-state index in [1.54, 1.807) is 24.8 Å². The summed E-state index contributed by atoms with van der Waals surface area (Å²) in [6, 6.07) is 7.38. The number of thiazole rings is 1. The number of halogens is 1. The van der Waals surface area contributed by atoms with Gasteiger partial charge < -0.3 is 14.5 Å². The minimum Gasteiger partial charge on any atom is -0.487 e. The van der Waals surface area contributed by atoms with Crippen molar-refractivity contribution in [2.24, 2.45) is 0 Å². The zero-order chi connectivity index (χ0) is 13.8. The van der Waals surface area contributed by atoms with Gasteiger partial charge >= 0.3 is 0 Å². The quantitative estimate of drug-likeness (QED) is 0.741. The maximum atomic E-state index is 6.13. The van der Waals surface area contributed by atoms with Gasteiger partial charge in [0.1, 0.15) is 12.4 Å². The highest BCUT2D eigenvalue weighted by Crippen LogP contribution is 2.30. The van der Waals surface area contributed by atoms with Crippen LogP contribution in [0.3, 0.4) is 0 Å². The number of furan rings is 1. The third-order valence-electron chi connectivity index (χ3n) is 2.59. The third kappa shape index (κ3) is 3.12. The lowest BCUT2D eigenvalue weighted by atomic mass is 10.3. The molecule has 1 N–H and O–H groups in total. The van der Waals surface area contributed by atoms with Crippen LogP contribution in [0.5, 0.6) is 5.75 Å². The number of benzene rings is 1. The summed E-state index contributed by atoms with van der Waals surface area (Å²) in [5.74, 6) is 0.620. The van der Waals surface area contributed by atoms with E-state index in [0.29, 0.717) is 17.4 Å². The Hall–Kier alpha value is -1.98. The Morgan fingerprint density at radius 1 is 1.35 bits per heavy atom. The molecule has 0 aliphatic carbocycles. The summed E-state index contributed by atoms with van der Waals surface area (Å²) in [5.41, 5.74) is 1.84. The van der Waals surface area contributed by atoms with Crippen molar-refractivity contribution in [1.29, 1.82) is 0 Å². The van der Waals surface area contributed by atoms with Gasteiger partial charge in [0.25, 0.3) is 0 Å². The molecule has 0 spiro atoms. The first-order valence-electron chi connectivity index (χ1n) is 5.91. The van der Waals surface area contributed by atoms with Crippen molar-refractivity contribution >= 4 is 33.8 Å². The van der Waals surface area contributed by atoms with E-state index in [-0.39, 0.29) is 0 Å². The largest absolute Gasteiger partial charge is 0.487 e. The molecular weight excluding hydrogens is 296 g/mol. The lowest BCUT2D eigenvalue weighted by Crippen LogP contribution is -1.96. The molecule has 102 valence electrons. The molecule has 0 radical (unpaired) electrons. The summed E-state index contributed by atoms with van der Waals surface area (Å²) >= 11 is 7.66. The van der Waals surface area contributed by atoms with Crippen LogP contribution in [0, 0.1) is 0 Å². The predicted molar refractivity (Wildman–Crippen MR) is 79.9 cm³/mol. The van der Waals surface area contributed by atoms with Crippen LogP contribution in [-0.2, 0) is 6.61 Å². The highest BCUT2D eigenvalue weighted by atomic mass is 35.5. The number of anilines is 2. The first-order valence-corrected chi connectivity index (χ1v) is 7.17. The fraction of sp³-hybridized carbons (Fsp3) is 0.0714. The van der Waals surface area contributed by atoms with Crippen LogP contribution in [0.1, 0.15) is 5.56 Å². The van der Waals surface area contributed by atoms with Crippen molar-refractivity contribution in [2.45, 2.75) is 6.61 Å². The van der Waals surface area contributed by atoms with E-state index in [2.05, 4.69) is 10.3 Å². The molecule has 0 unspecified atom stereocenters. The van der Waals surface area contributed by atoms with Gasteiger partial charge in [-0.2, -0.15) is 0 Å². The van der Waals surface area contributed by atoms with Crippen molar-refractivity contribution in [2.75, 3.05) is 5.32 Å². The minimum absolute atomic E-state index is 0.414. The van der Waals surface area contributed by atoms with Gasteiger partial charge in [0, 0.05) is 28.9 Å². The van der Waals surface area contributed by atoms with Crippen molar-refractivity contribution in [1.82, 2.24) is 4.98 Å². The average molecular weight is 307 g/mol. The fourth-order valence-corrected chi connectivity index (χ4v) is 2.36. The lowest BCUT2D eigenvalue weighted by molar-refractivity contribution is 0.305. The number of hydrogen-bond donors (Lipinski definition) is 1. The van der Waals surface area contributed by atoms with E-state index >= 15 is 0 Å². The monoisotopic (exact) mass is 306 g/mol. The molecule has 3 aromatic rings. The summed E-state index contributed by atoms with van der Waals surface area (Å²) in [4.78, 5) is 4.17. The normalized spacial score (nSPS) is 10.4. The molecule has 0 saturated heterocycles. The van der Waals surface area contributed by atoms with Gasteiger partial charge in [-0.15, -0.1) is 11.3 Å². The smallest absolute Gasteiger partial charge is 0.187 e. The number of aromatic nitrogens is 1. The Labute approximate surface area is 125 Å². The molecule has 0 fully saturated rings. The molecule has 3 rings (SSSR count). The van der Waals surface area contributed by atoms with Crippen LogP contribution in [0.4, 0.5) is 10.8 Å². The first kappa shape index (κ1) is 13.0. The molecule has 1 aromatic carbocycles. The number of rotatable bonds is 5. The summed E-state index contributed by atoms with van der Waals surface area (Å²) in [6.45, 7) is 0.414. The second kappa shape index (κ2) is 5.98. The summed E-state index contributed by atoms with van der Waals surface area (Å²) in [6.07, 6.45) is 5.01. The topological polar surface area (TPSA) is 47.3 Å². The van der Waals surface area contributed by atoms with E-state index in [1.807, 2.05) is 23.6 Å².